The summed E-state index contributed by atoms with van der Waals surface area (Å²) < 4.78 is 1.46. The van der Waals surface area contributed by atoms with E-state index in [1.807, 2.05) is 6.26 Å². The molecule has 144 valence electrons. The Morgan fingerprint density at radius 2 is 1.86 bits per heavy atom. The standard InChI is InChI=1S/C17H16ClN7O2S/c1-10(25-9-19-8-21-25)15(26)22-11-3-5-12(6-4-11)23-16(27)14-13(18)7-20-17(24-14)28-2/h3-10H,1-2H3,(H,22,26)(H,23,27). The smallest absolute Gasteiger partial charge is 0.275 e. The molecule has 2 amide bonds. The molecule has 9 nitrogen and oxygen atoms in total. The van der Waals surface area contributed by atoms with Crippen LogP contribution in [0.15, 0.2) is 48.3 Å². The van der Waals surface area contributed by atoms with E-state index >= 15 is 0 Å². The van der Waals surface area contributed by atoms with Crippen LogP contribution in [-0.4, -0.2) is 42.8 Å². The van der Waals surface area contributed by atoms with Gasteiger partial charge in [0.1, 0.15) is 18.7 Å². The van der Waals surface area contributed by atoms with Gasteiger partial charge in [0.25, 0.3) is 5.91 Å². The molecular formula is C17H16ClN7O2S. The summed E-state index contributed by atoms with van der Waals surface area (Å²) in [6.45, 7) is 1.72. The minimum absolute atomic E-state index is 0.0973. The Balaban J connectivity index is 1.64. The molecule has 3 aromatic rings. The Kier molecular flexibility index (Phi) is 6.22. The van der Waals surface area contributed by atoms with Crippen molar-refractivity contribution >= 4 is 46.6 Å². The third-order valence-corrected chi connectivity index (χ3v) is 4.58. The van der Waals surface area contributed by atoms with E-state index in [9.17, 15) is 9.59 Å². The lowest BCUT2D eigenvalue weighted by atomic mass is 10.2. The minimum Gasteiger partial charge on any atom is -0.324 e. The molecule has 11 heteroatoms. The molecule has 0 aliphatic rings. The van der Waals surface area contributed by atoms with E-state index in [2.05, 4.69) is 30.7 Å². The first-order valence-corrected chi connectivity index (χ1v) is 9.71. The van der Waals surface area contributed by atoms with Crippen LogP contribution in [0, 0.1) is 0 Å². The normalized spacial score (nSPS) is 11.7. The number of benzene rings is 1. The Morgan fingerprint density at radius 3 is 2.46 bits per heavy atom. The van der Waals surface area contributed by atoms with Crippen molar-refractivity contribution in [3.8, 4) is 0 Å². The van der Waals surface area contributed by atoms with Gasteiger partial charge in [-0.05, 0) is 37.4 Å². The molecule has 28 heavy (non-hydrogen) atoms. The molecule has 0 fully saturated rings. The highest BCUT2D eigenvalue weighted by Gasteiger charge is 2.16. The molecule has 0 saturated heterocycles. The number of anilines is 2. The van der Waals surface area contributed by atoms with Crippen molar-refractivity contribution in [3.63, 3.8) is 0 Å². The van der Waals surface area contributed by atoms with Crippen LogP contribution in [0.5, 0.6) is 0 Å². The van der Waals surface area contributed by atoms with E-state index in [1.54, 1.807) is 31.2 Å². The van der Waals surface area contributed by atoms with Crippen LogP contribution in [0.4, 0.5) is 11.4 Å². The third kappa shape index (κ3) is 4.65. The van der Waals surface area contributed by atoms with Crippen molar-refractivity contribution in [2.75, 3.05) is 16.9 Å². The minimum atomic E-state index is -0.507. The van der Waals surface area contributed by atoms with E-state index in [0.717, 1.165) is 0 Å². The largest absolute Gasteiger partial charge is 0.324 e. The van der Waals surface area contributed by atoms with Gasteiger partial charge in [0, 0.05) is 11.4 Å². The number of amides is 2. The van der Waals surface area contributed by atoms with Crippen LogP contribution >= 0.6 is 23.4 Å². The Bertz CT molecular complexity index is 980. The molecule has 3 rings (SSSR count). The Hall–Kier alpha value is -2.98. The number of aromatic nitrogens is 5. The number of rotatable bonds is 6. The van der Waals surface area contributed by atoms with Crippen molar-refractivity contribution in [1.82, 2.24) is 24.7 Å². The number of carbonyl (C=O) groups excluding carboxylic acids is 2. The van der Waals surface area contributed by atoms with Gasteiger partial charge in [0.2, 0.25) is 5.91 Å². The number of carbonyl (C=O) groups is 2. The summed E-state index contributed by atoms with van der Waals surface area (Å²) >= 11 is 7.33. The first kappa shape index (κ1) is 19.8. The van der Waals surface area contributed by atoms with Crippen LogP contribution in [0.3, 0.4) is 0 Å². The zero-order valence-electron chi connectivity index (χ0n) is 15.0. The highest BCUT2D eigenvalue weighted by Crippen LogP contribution is 2.20. The van der Waals surface area contributed by atoms with Gasteiger partial charge in [-0.15, -0.1) is 0 Å². The summed E-state index contributed by atoms with van der Waals surface area (Å²) in [4.78, 5) is 36.6. The fraction of sp³-hybridized carbons (Fsp3) is 0.176. The molecule has 1 unspecified atom stereocenters. The predicted molar refractivity (Wildman–Crippen MR) is 107 cm³/mol. The molecule has 0 spiro atoms. The van der Waals surface area contributed by atoms with Crippen molar-refractivity contribution in [2.24, 2.45) is 0 Å². The van der Waals surface area contributed by atoms with Gasteiger partial charge < -0.3 is 10.6 Å². The predicted octanol–water partition coefficient (Wildman–Crippen LogP) is 2.90. The maximum atomic E-state index is 12.4. The van der Waals surface area contributed by atoms with E-state index in [-0.39, 0.29) is 16.6 Å². The van der Waals surface area contributed by atoms with Crippen LogP contribution in [0.1, 0.15) is 23.5 Å². The van der Waals surface area contributed by atoms with Gasteiger partial charge >= 0.3 is 0 Å². The highest BCUT2D eigenvalue weighted by atomic mass is 35.5. The van der Waals surface area contributed by atoms with Crippen LogP contribution in [0.25, 0.3) is 0 Å². The van der Waals surface area contributed by atoms with Gasteiger partial charge in [-0.25, -0.2) is 19.6 Å². The molecule has 2 aromatic heterocycles. The fourth-order valence-electron chi connectivity index (χ4n) is 2.22. The Morgan fingerprint density at radius 1 is 1.18 bits per heavy atom. The van der Waals surface area contributed by atoms with Gasteiger partial charge in [-0.2, -0.15) is 5.10 Å². The first-order valence-electron chi connectivity index (χ1n) is 8.11. The molecule has 0 radical (unpaired) electrons. The first-order chi connectivity index (χ1) is 13.5. The van der Waals surface area contributed by atoms with E-state index in [4.69, 9.17) is 11.6 Å². The Labute approximate surface area is 169 Å². The maximum Gasteiger partial charge on any atom is 0.275 e. The maximum absolute atomic E-state index is 12.4. The second-order valence-electron chi connectivity index (χ2n) is 5.63. The summed E-state index contributed by atoms with van der Waals surface area (Å²) in [5.41, 5.74) is 1.22. The van der Waals surface area contributed by atoms with Crippen molar-refractivity contribution in [2.45, 2.75) is 18.1 Å². The monoisotopic (exact) mass is 417 g/mol. The van der Waals surface area contributed by atoms with Gasteiger partial charge in [0.05, 0.1) is 11.2 Å². The number of nitrogens with zero attached hydrogens (tertiary/aromatic N) is 5. The van der Waals surface area contributed by atoms with Crippen LogP contribution in [-0.2, 0) is 4.79 Å². The van der Waals surface area contributed by atoms with Crippen molar-refractivity contribution in [1.29, 1.82) is 0 Å². The number of hydrogen-bond acceptors (Lipinski definition) is 7. The number of halogens is 1. The van der Waals surface area contributed by atoms with Crippen molar-refractivity contribution < 1.29 is 9.59 Å². The molecule has 2 N–H and O–H groups in total. The number of thioether (sulfide) groups is 1. The van der Waals surface area contributed by atoms with Crippen LogP contribution < -0.4 is 10.6 Å². The molecule has 1 aromatic carbocycles. The van der Waals surface area contributed by atoms with Crippen molar-refractivity contribution in [3.05, 3.63) is 53.8 Å². The van der Waals surface area contributed by atoms with E-state index < -0.39 is 11.9 Å². The second-order valence-corrected chi connectivity index (χ2v) is 6.81. The number of nitrogens with one attached hydrogen (secondary N) is 2. The van der Waals surface area contributed by atoms with Gasteiger partial charge in [-0.3, -0.25) is 9.59 Å². The third-order valence-electron chi connectivity index (χ3n) is 3.74. The average molecular weight is 418 g/mol. The zero-order chi connectivity index (χ0) is 20.1. The fourth-order valence-corrected chi connectivity index (χ4v) is 2.74. The second kappa shape index (κ2) is 8.81. The average Bonchev–Trinajstić information content (AvgIpc) is 3.24. The zero-order valence-corrected chi connectivity index (χ0v) is 16.5. The lowest BCUT2D eigenvalue weighted by Crippen LogP contribution is -2.24. The molecule has 2 heterocycles. The molecule has 0 saturated carbocycles. The topological polar surface area (TPSA) is 115 Å². The van der Waals surface area contributed by atoms with E-state index in [0.29, 0.717) is 16.5 Å². The SMILES string of the molecule is CSc1ncc(Cl)c(C(=O)Nc2ccc(NC(=O)C(C)n3cncn3)cc2)n1. The lowest BCUT2D eigenvalue weighted by Gasteiger charge is -2.12. The van der Waals surface area contributed by atoms with Gasteiger partial charge in [0.15, 0.2) is 10.9 Å². The molecule has 1 atom stereocenters. The molecule has 0 aliphatic carbocycles. The molecular weight excluding hydrogens is 402 g/mol. The summed E-state index contributed by atoms with van der Waals surface area (Å²) in [6, 6.07) is 6.18. The summed E-state index contributed by atoms with van der Waals surface area (Å²) in [6.07, 6.45) is 6.04. The number of hydrogen-bond donors (Lipinski definition) is 2. The van der Waals surface area contributed by atoms with E-state index in [1.165, 1.54) is 35.3 Å². The molecule has 0 bridgehead atoms. The summed E-state index contributed by atoms with van der Waals surface area (Å²) in [5, 5.41) is 10.1. The lowest BCUT2D eigenvalue weighted by molar-refractivity contribution is -0.119. The summed E-state index contributed by atoms with van der Waals surface area (Å²) in [5.74, 6) is -0.682. The molecule has 0 aliphatic heterocycles. The highest BCUT2D eigenvalue weighted by molar-refractivity contribution is 7.98. The summed E-state index contributed by atoms with van der Waals surface area (Å²) in [7, 11) is 0. The van der Waals surface area contributed by atoms with Crippen LogP contribution in [0.2, 0.25) is 5.02 Å². The van der Waals surface area contributed by atoms with Gasteiger partial charge in [-0.1, -0.05) is 23.4 Å². The quantitative estimate of drug-likeness (QED) is 0.468.